The first kappa shape index (κ1) is 15.4. The van der Waals surface area contributed by atoms with Gasteiger partial charge in [0, 0.05) is 36.5 Å². The minimum absolute atomic E-state index is 0.0585. The molecule has 0 spiro atoms. The van der Waals surface area contributed by atoms with E-state index >= 15 is 0 Å². The van der Waals surface area contributed by atoms with E-state index in [9.17, 15) is 13.6 Å². The Bertz CT molecular complexity index is 537. The second-order valence-electron chi connectivity index (χ2n) is 6.26. The third-order valence-electron chi connectivity index (χ3n) is 4.70. The highest BCUT2D eigenvalue weighted by Gasteiger charge is 2.49. The first-order chi connectivity index (χ1) is 10.6. The zero-order valence-corrected chi connectivity index (χ0v) is 12.8. The molecule has 1 heterocycles. The SMILES string of the molecule is CCCN(C(=O)C1CC1c1c(F)cccc1F)C1CCNC1. The topological polar surface area (TPSA) is 32.3 Å². The van der Waals surface area contributed by atoms with E-state index in [4.69, 9.17) is 0 Å². The lowest BCUT2D eigenvalue weighted by molar-refractivity contribution is -0.134. The molecule has 1 aliphatic heterocycles. The van der Waals surface area contributed by atoms with Crippen LogP contribution in [0.5, 0.6) is 0 Å². The van der Waals surface area contributed by atoms with Crippen LogP contribution in [0, 0.1) is 17.6 Å². The van der Waals surface area contributed by atoms with Gasteiger partial charge in [0.2, 0.25) is 5.91 Å². The number of amides is 1. The number of carbonyl (C=O) groups is 1. The van der Waals surface area contributed by atoms with Gasteiger partial charge >= 0.3 is 0 Å². The highest BCUT2D eigenvalue weighted by molar-refractivity contribution is 5.83. The lowest BCUT2D eigenvalue weighted by Crippen LogP contribution is -2.43. The van der Waals surface area contributed by atoms with E-state index in [1.54, 1.807) is 0 Å². The monoisotopic (exact) mass is 308 g/mol. The highest BCUT2D eigenvalue weighted by atomic mass is 19.1. The van der Waals surface area contributed by atoms with Crippen molar-refractivity contribution in [3.8, 4) is 0 Å². The van der Waals surface area contributed by atoms with Crippen molar-refractivity contribution < 1.29 is 13.6 Å². The summed E-state index contributed by atoms with van der Waals surface area (Å²) < 4.78 is 27.7. The lowest BCUT2D eigenvalue weighted by atomic mass is 10.1. The molecule has 120 valence electrons. The number of hydrogen-bond acceptors (Lipinski definition) is 2. The van der Waals surface area contributed by atoms with Crippen LogP contribution in [-0.2, 0) is 4.79 Å². The minimum atomic E-state index is -0.537. The first-order valence-corrected chi connectivity index (χ1v) is 8.08. The Hall–Kier alpha value is -1.49. The third kappa shape index (κ3) is 2.86. The maximum Gasteiger partial charge on any atom is 0.226 e. The van der Waals surface area contributed by atoms with Crippen LogP contribution in [0.2, 0.25) is 0 Å². The van der Waals surface area contributed by atoms with Gasteiger partial charge in [-0.3, -0.25) is 4.79 Å². The van der Waals surface area contributed by atoms with Crippen molar-refractivity contribution in [2.45, 2.75) is 38.1 Å². The quantitative estimate of drug-likeness (QED) is 0.907. The summed E-state index contributed by atoms with van der Waals surface area (Å²) in [6.45, 7) is 4.50. The molecule has 1 saturated heterocycles. The largest absolute Gasteiger partial charge is 0.338 e. The van der Waals surface area contributed by atoms with Crippen LogP contribution in [0.1, 0.15) is 37.7 Å². The van der Waals surface area contributed by atoms with E-state index in [2.05, 4.69) is 5.32 Å². The molecular formula is C17H22F2N2O. The van der Waals surface area contributed by atoms with Crippen molar-refractivity contribution in [2.75, 3.05) is 19.6 Å². The summed E-state index contributed by atoms with van der Waals surface area (Å²) >= 11 is 0. The number of nitrogens with one attached hydrogen (secondary N) is 1. The highest BCUT2D eigenvalue weighted by Crippen LogP contribution is 2.50. The molecule has 2 aliphatic rings. The van der Waals surface area contributed by atoms with Crippen LogP contribution in [0.25, 0.3) is 0 Å². The minimum Gasteiger partial charge on any atom is -0.338 e. The number of carbonyl (C=O) groups excluding carboxylic acids is 1. The normalized spacial score (nSPS) is 27.0. The second kappa shape index (κ2) is 6.32. The Balaban J connectivity index is 1.73. The molecule has 3 nitrogen and oxygen atoms in total. The molecule has 3 atom stereocenters. The van der Waals surface area contributed by atoms with Gasteiger partial charge in [0.05, 0.1) is 0 Å². The van der Waals surface area contributed by atoms with E-state index in [0.29, 0.717) is 13.0 Å². The predicted octanol–water partition coefficient (Wildman–Crippen LogP) is 2.67. The Morgan fingerprint density at radius 2 is 2.09 bits per heavy atom. The zero-order valence-electron chi connectivity index (χ0n) is 12.8. The number of benzene rings is 1. The average molecular weight is 308 g/mol. The second-order valence-corrected chi connectivity index (χ2v) is 6.26. The molecule has 3 unspecified atom stereocenters. The first-order valence-electron chi connectivity index (χ1n) is 8.08. The molecule has 3 rings (SSSR count). The molecule has 1 N–H and O–H groups in total. The van der Waals surface area contributed by atoms with Gasteiger partial charge in [-0.1, -0.05) is 13.0 Å². The fourth-order valence-electron chi connectivity index (χ4n) is 3.48. The summed E-state index contributed by atoms with van der Waals surface area (Å²) in [4.78, 5) is 14.7. The van der Waals surface area contributed by atoms with Crippen molar-refractivity contribution in [1.29, 1.82) is 0 Å². The van der Waals surface area contributed by atoms with Crippen molar-refractivity contribution in [3.63, 3.8) is 0 Å². The van der Waals surface area contributed by atoms with Gasteiger partial charge in [0.15, 0.2) is 0 Å². The summed E-state index contributed by atoms with van der Waals surface area (Å²) in [6.07, 6.45) is 2.40. The molecule has 0 aromatic heterocycles. The number of hydrogen-bond donors (Lipinski definition) is 1. The Labute approximate surface area is 129 Å². The molecule has 2 fully saturated rings. The average Bonchev–Trinajstić information content (AvgIpc) is 3.08. The van der Waals surface area contributed by atoms with E-state index in [1.165, 1.54) is 18.2 Å². The molecule has 1 saturated carbocycles. The molecular weight excluding hydrogens is 286 g/mol. The fourth-order valence-corrected chi connectivity index (χ4v) is 3.48. The molecule has 1 amide bonds. The van der Waals surface area contributed by atoms with Crippen LogP contribution in [0.4, 0.5) is 8.78 Å². The summed E-state index contributed by atoms with van der Waals surface area (Å²) in [5.41, 5.74) is 0.0850. The number of nitrogens with zero attached hydrogens (tertiary/aromatic N) is 1. The van der Waals surface area contributed by atoms with E-state index < -0.39 is 11.6 Å². The zero-order chi connectivity index (χ0) is 15.7. The molecule has 22 heavy (non-hydrogen) atoms. The molecule has 5 heteroatoms. The van der Waals surface area contributed by atoms with Crippen molar-refractivity contribution in [1.82, 2.24) is 10.2 Å². The van der Waals surface area contributed by atoms with E-state index in [1.807, 2.05) is 11.8 Å². The van der Waals surface area contributed by atoms with Gasteiger partial charge in [-0.2, -0.15) is 0 Å². The van der Waals surface area contributed by atoms with Crippen LogP contribution in [0.3, 0.4) is 0 Å². The molecule has 1 aromatic rings. The fraction of sp³-hybridized carbons (Fsp3) is 0.588. The third-order valence-corrected chi connectivity index (χ3v) is 4.70. The summed E-state index contributed by atoms with van der Waals surface area (Å²) in [6, 6.07) is 4.12. The van der Waals surface area contributed by atoms with E-state index in [-0.39, 0.29) is 29.3 Å². The van der Waals surface area contributed by atoms with Crippen LogP contribution in [-0.4, -0.2) is 36.5 Å². The molecule has 1 aliphatic carbocycles. The standard InChI is InChI=1S/C17H22F2N2O/c1-2-8-21(11-6-7-20-10-11)17(22)13-9-12(13)16-14(18)4-3-5-15(16)19/h3-5,11-13,20H,2,6-10H2,1H3. The van der Waals surface area contributed by atoms with Crippen LogP contribution in [0.15, 0.2) is 18.2 Å². The van der Waals surface area contributed by atoms with Gasteiger partial charge in [0.1, 0.15) is 11.6 Å². The Morgan fingerprint density at radius 3 is 2.68 bits per heavy atom. The molecule has 0 bridgehead atoms. The van der Waals surface area contributed by atoms with Crippen LogP contribution < -0.4 is 5.32 Å². The smallest absolute Gasteiger partial charge is 0.226 e. The lowest BCUT2D eigenvalue weighted by Gasteiger charge is -2.28. The number of halogens is 2. The van der Waals surface area contributed by atoms with Crippen molar-refractivity contribution >= 4 is 5.91 Å². The molecule has 0 radical (unpaired) electrons. The number of rotatable bonds is 5. The van der Waals surface area contributed by atoms with Crippen molar-refractivity contribution in [3.05, 3.63) is 35.4 Å². The van der Waals surface area contributed by atoms with Crippen LogP contribution >= 0.6 is 0 Å². The summed E-state index contributed by atoms with van der Waals surface area (Å²) in [5.74, 6) is -1.58. The van der Waals surface area contributed by atoms with Crippen molar-refractivity contribution in [2.24, 2.45) is 5.92 Å². The predicted molar refractivity (Wildman–Crippen MR) is 80.5 cm³/mol. The summed E-state index contributed by atoms with van der Waals surface area (Å²) in [7, 11) is 0. The Morgan fingerprint density at radius 1 is 1.36 bits per heavy atom. The van der Waals surface area contributed by atoms with Gasteiger partial charge in [-0.15, -0.1) is 0 Å². The van der Waals surface area contributed by atoms with E-state index in [0.717, 1.165) is 25.9 Å². The van der Waals surface area contributed by atoms with Gasteiger partial charge in [0.25, 0.3) is 0 Å². The molecule has 1 aromatic carbocycles. The summed E-state index contributed by atoms with van der Waals surface area (Å²) in [5, 5.41) is 3.27. The Kier molecular flexibility index (Phi) is 4.43. The van der Waals surface area contributed by atoms with Gasteiger partial charge < -0.3 is 10.2 Å². The maximum atomic E-state index is 13.9. The maximum absolute atomic E-state index is 13.9. The van der Waals surface area contributed by atoms with Gasteiger partial charge in [-0.05, 0) is 37.9 Å². The van der Waals surface area contributed by atoms with Gasteiger partial charge in [-0.25, -0.2) is 8.78 Å².